The molecule has 0 radical (unpaired) electrons. The topological polar surface area (TPSA) is 74.9 Å². The Morgan fingerprint density at radius 3 is 2.81 bits per heavy atom. The van der Waals surface area contributed by atoms with Gasteiger partial charge in [-0.25, -0.2) is 13.4 Å². The second-order valence-electron chi connectivity index (χ2n) is 7.84. The number of sulfone groups is 1. The van der Waals surface area contributed by atoms with E-state index in [-0.39, 0.29) is 5.75 Å². The van der Waals surface area contributed by atoms with Crippen LogP contribution < -0.4 is 5.32 Å². The monoisotopic (exact) mass is 393 g/mol. The molecule has 1 saturated carbocycles. The van der Waals surface area contributed by atoms with Crippen LogP contribution in [0.5, 0.6) is 0 Å². The van der Waals surface area contributed by atoms with Crippen LogP contribution in [0.4, 0.5) is 0 Å². The number of furan rings is 1. The van der Waals surface area contributed by atoms with Gasteiger partial charge in [0.15, 0.2) is 15.8 Å². The van der Waals surface area contributed by atoms with Crippen molar-refractivity contribution in [2.75, 3.05) is 31.9 Å². The number of guanidine groups is 1. The number of nitrogens with one attached hydrogen (secondary N) is 1. The molecule has 0 amide bonds. The average Bonchev–Trinajstić information content (AvgIpc) is 3.15. The van der Waals surface area contributed by atoms with Crippen LogP contribution >= 0.6 is 0 Å². The molecule has 6 nitrogen and oxygen atoms in total. The molecule has 27 heavy (non-hydrogen) atoms. The molecule has 0 bridgehead atoms. The Hall–Kier alpha value is -1.76. The van der Waals surface area contributed by atoms with Gasteiger partial charge in [0.1, 0.15) is 5.76 Å². The zero-order chi connectivity index (χ0) is 19.3. The van der Waals surface area contributed by atoms with Gasteiger partial charge in [-0.2, -0.15) is 0 Å². The molecule has 3 rings (SSSR count). The second kappa shape index (κ2) is 8.50. The average molecular weight is 394 g/mol. The molecule has 1 aromatic heterocycles. The Labute approximate surface area is 162 Å². The Morgan fingerprint density at radius 2 is 2.15 bits per heavy atom. The van der Waals surface area contributed by atoms with Crippen molar-refractivity contribution >= 4 is 15.8 Å². The van der Waals surface area contributed by atoms with Crippen molar-refractivity contribution in [3.8, 4) is 0 Å². The number of hydrogen-bond acceptors (Lipinski definition) is 4. The van der Waals surface area contributed by atoms with Crippen LogP contribution in [0, 0.1) is 0 Å². The van der Waals surface area contributed by atoms with Crippen LogP contribution in [0.1, 0.15) is 44.8 Å². The molecule has 1 N–H and O–H groups in total. The van der Waals surface area contributed by atoms with Gasteiger partial charge in [0.05, 0.1) is 23.3 Å². The van der Waals surface area contributed by atoms with E-state index in [2.05, 4.69) is 16.8 Å². The normalized spacial score (nSPS) is 22.0. The summed E-state index contributed by atoms with van der Waals surface area (Å²) in [6.45, 7) is 8.15. The lowest BCUT2D eigenvalue weighted by atomic mass is 9.87. The summed E-state index contributed by atoms with van der Waals surface area (Å²) < 4.78 is 30.5. The number of hydrogen-bond donors (Lipinski definition) is 1. The zero-order valence-electron chi connectivity index (χ0n) is 16.2. The van der Waals surface area contributed by atoms with E-state index < -0.39 is 14.6 Å². The predicted molar refractivity (Wildman–Crippen MR) is 109 cm³/mol. The lowest BCUT2D eigenvalue weighted by Gasteiger charge is -2.45. The van der Waals surface area contributed by atoms with Crippen LogP contribution in [0.15, 0.2) is 40.0 Å². The van der Waals surface area contributed by atoms with Crippen molar-refractivity contribution in [2.45, 2.75) is 50.2 Å². The lowest BCUT2D eigenvalue weighted by molar-refractivity contribution is 0.274. The molecule has 0 unspecified atom stereocenters. The van der Waals surface area contributed by atoms with Gasteiger partial charge in [-0.1, -0.05) is 31.4 Å². The van der Waals surface area contributed by atoms with Crippen molar-refractivity contribution < 1.29 is 12.8 Å². The molecule has 2 aliphatic rings. The van der Waals surface area contributed by atoms with Crippen LogP contribution in [0.3, 0.4) is 0 Å². The Balaban J connectivity index is 1.72. The van der Waals surface area contributed by atoms with Gasteiger partial charge in [-0.3, -0.25) is 0 Å². The van der Waals surface area contributed by atoms with Crippen molar-refractivity contribution in [1.82, 2.24) is 10.2 Å². The number of rotatable bonds is 5. The Morgan fingerprint density at radius 1 is 1.37 bits per heavy atom. The summed E-state index contributed by atoms with van der Waals surface area (Å²) in [4.78, 5) is 6.83. The zero-order valence-corrected chi connectivity index (χ0v) is 17.1. The van der Waals surface area contributed by atoms with E-state index in [9.17, 15) is 8.42 Å². The molecule has 150 valence electrons. The highest BCUT2D eigenvalue weighted by Crippen LogP contribution is 2.38. The minimum atomic E-state index is -3.06. The smallest absolute Gasteiger partial charge is 0.194 e. The first kappa shape index (κ1) is 20.0. The highest BCUT2D eigenvalue weighted by molar-refractivity contribution is 7.92. The molecule has 1 saturated heterocycles. The van der Waals surface area contributed by atoms with Crippen molar-refractivity contribution in [3.05, 3.63) is 36.3 Å². The fraction of sp³-hybridized carbons (Fsp3) is 0.650. The maximum absolute atomic E-state index is 12.8. The van der Waals surface area contributed by atoms with Gasteiger partial charge in [-0.15, -0.1) is 0 Å². The molecule has 1 aromatic rings. The van der Waals surface area contributed by atoms with Gasteiger partial charge < -0.3 is 14.6 Å². The maximum Gasteiger partial charge on any atom is 0.194 e. The quantitative estimate of drug-likeness (QED) is 0.473. The summed E-state index contributed by atoms with van der Waals surface area (Å²) in [5.74, 6) is 1.91. The predicted octanol–water partition coefficient (Wildman–Crippen LogP) is 2.78. The second-order valence-corrected chi connectivity index (χ2v) is 10.3. The standard InChI is InChI=1S/C20H31N3O3S/c1-17(2)15-22-19(21-11-8-18-7-6-13-26-18)23-12-14-27(24,25)20(16-23)9-4-3-5-10-20/h6-7,13H,1,3-5,8-12,14-16H2,2H3,(H,21,22). The summed E-state index contributed by atoms with van der Waals surface area (Å²) in [5.41, 5.74) is 0.984. The molecule has 2 heterocycles. The van der Waals surface area contributed by atoms with E-state index in [0.717, 1.165) is 55.8 Å². The van der Waals surface area contributed by atoms with Crippen molar-refractivity contribution in [3.63, 3.8) is 0 Å². The molecule has 7 heteroatoms. The number of nitrogens with zero attached hydrogens (tertiary/aromatic N) is 2. The highest BCUT2D eigenvalue weighted by Gasteiger charge is 2.48. The Kier molecular flexibility index (Phi) is 6.29. The number of aliphatic imine (C=N–C) groups is 1. The molecule has 1 aliphatic carbocycles. The lowest BCUT2D eigenvalue weighted by Crippen LogP contribution is -2.60. The summed E-state index contributed by atoms with van der Waals surface area (Å²) >= 11 is 0. The third-order valence-corrected chi connectivity index (χ3v) is 8.14. The molecule has 1 aliphatic heterocycles. The van der Waals surface area contributed by atoms with E-state index in [1.54, 1.807) is 6.26 Å². The fourth-order valence-corrected chi connectivity index (χ4v) is 6.20. The van der Waals surface area contributed by atoms with Crippen LogP contribution in [0.25, 0.3) is 0 Å². The van der Waals surface area contributed by atoms with Gasteiger partial charge in [0.25, 0.3) is 0 Å². The molecule has 0 aromatic carbocycles. The molecule has 2 fully saturated rings. The minimum absolute atomic E-state index is 0.207. The molecular weight excluding hydrogens is 362 g/mol. The molecular formula is C20H31N3O3S. The summed E-state index contributed by atoms with van der Waals surface area (Å²) in [7, 11) is -3.06. The largest absolute Gasteiger partial charge is 0.469 e. The minimum Gasteiger partial charge on any atom is -0.469 e. The highest BCUT2D eigenvalue weighted by atomic mass is 32.2. The molecule has 1 spiro atoms. The van der Waals surface area contributed by atoms with E-state index in [4.69, 9.17) is 9.41 Å². The first-order valence-electron chi connectivity index (χ1n) is 9.84. The van der Waals surface area contributed by atoms with E-state index in [0.29, 0.717) is 26.2 Å². The molecule has 0 atom stereocenters. The SMILES string of the molecule is C=C(C)CN=C(NCCc1ccco1)N1CCS(=O)(=O)C2(CCCCC2)C1. The van der Waals surface area contributed by atoms with Crippen LogP contribution in [-0.2, 0) is 16.3 Å². The summed E-state index contributed by atoms with van der Waals surface area (Å²) in [6, 6.07) is 3.84. The van der Waals surface area contributed by atoms with Crippen LogP contribution in [0.2, 0.25) is 0 Å². The third kappa shape index (κ3) is 4.75. The maximum atomic E-state index is 12.8. The first-order valence-corrected chi connectivity index (χ1v) is 11.5. The van der Waals surface area contributed by atoms with Crippen LogP contribution in [-0.4, -0.2) is 56.0 Å². The fourth-order valence-electron chi connectivity index (χ4n) is 4.05. The summed E-state index contributed by atoms with van der Waals surface area (Å²) in [6.07, 6.45) is 7.10. The summed E-state index contributed by atoms with van der Waals surface area (Å²) in [5, 5.41) is 3.41. The van der Waals surface area contributed by atoms with Gasteiger partial charge in [0.2, 0.25) is 0 Å². The van der Waals surface area contributed by atoms with Gasteiger partial charge in [-0.05, 0) is 31.9 Å². The van der Waals surface area contributed by atoms with E-state index >= 15 is 0 Å². The van der Waals surface area contributed by atoms with Gasteiger partial charge in [0, 0.05) is 26.1 Å². The van der Waals surface area contributed by atoms with E-state index in [1.165, 1.54) is 0 Å². The Bertz CT molecular complexity index is 762. The van der Waals surface area contributed by atoms with Crippen molar-refractivity contribution in [1.29, 1.82) is 0 Å². The first-order chi connectivity index (χ1) is 12.9. The van der Waals surface area contributed by atoms with E-state index in [1.807, 2.05) is 19.1 Å². The third-order valence-electron chi connectivity index (χ3n) is 5.57. The van der Waals surface area contributed by atoms with Gasteiger partial charge >= 0.3 is 0 Å². The van der Waals surface area contributed by atoms with Crippen molar-refractivity contribution in [2.24, 2.45) is 4.99 Å².